The van der Waals surface area contributed by atoms with Crippen molar-refractivity contribution < 1.29 is 24.1 Å². The molecule has 4 atom stereocenters. The molecule has 4 N–H and O–H groups in total. The maximum absolute atomic E-state index is 10.8. The van der Waals surface area contributed by atoms with Gasteiger partial charge in [0.15, 0.2) is 17.7 Å². The van der Waals surface area contributed by atoms with E-state index in [1.54, 1.807) is 10.9 Å². The molecule has 25 heavy (non-hydrogen) atoms. The smallest absolute Gasteiger partial charge is 0.411 e. The Morgan fingerprint density at radius 2 is 2.16 bits per heavy atom. The van der Waals surface area contributed by atoms with Gasteiger partial charge in [-0.25, -0.2) is 14.8 Å². The van der Waals surface area contributed by atoms with Crippen molar-refractivity contribution in [2.75, 3.05) is 11.9 Å². The number of ether oxygens (including phenoxy) is 3. The lowest BCUT2D eigenvalue weighted by Gasteiger charge is -2.24. The molecule has 0 unspecified atom stereocenters. The molecule has 134 valence electrons. The molecule has 2 saturated heterocycles. The molecule has 2 aromatic rings. The van der Waals surface area contributed by atoms with Gasteiger partial charge in [-0.2, -0.15) is 4.98 Å². The van der Waals surface area contributed by atoms with Crippen LogP contribution in [0.4, 0.5) is 10.7 Å². The number of aromatic nitrogens is 4. The fraction of sp³-hybridized carbons (Fsp3) is 0.571. The summed E-state index contributed by atoms with van der Waals surface area (Å²) in [6.07, 6.45) is 0.185. The van der Waals surface area contributed by atoms with Crippen molar-refractivity contribution in [1.82, 2.24) is 19.5 Å². The van der Waals surface area contributed by atoms with Crippen LogP contribution in [0.3, 0.4) is 0 Å². The average molecular weight is 350 g/mol. The zero-order chi connectivity index (χ0) is 17.8. The summed E-state index contributed by atoms with van der Waals surface area (Å²) < 4.78 is 19.6. The standard InChI is InChI=1S/C14H18N6O5/c1-14(2)24-8-7(3-15)23-11(9(8)25-14)20-5-17-6-4-16-12(18-10(6)20)19-13(21)22/h4-5,7-9,11H,3,15H2,1-2H3,(H,21,22)(H,16,18,19)/t7-,8-,9-,11-/m1/s1. The number of rotatable bonds is 3. The van der Waals surface area contributed by atoms with E-state index in [0.29, 0.717) is 11.2 Å². The Balaban J connectivity index is 1.72. The summed E-state index contributed by atoms with van der Waals surface area (Å²) in [5.74, 6) is -0.790. The number of nitrogens with one attached hydrogen (secondary N) is 1. The van der Waals surface area contributed by atoms with Crippen molar-refractivity contribution in [3.63, 3.8) is 0 Å². The number of hydrogen-bond donors (Lipinski definition) is 3. The Labute approximate surface area is 142 Å². The minimum absolute atomic E-state index is 0.0457. The summed E-state index contributed by atoms with van der Waals surface area (Å²) in [5, 5.41) is 10.9. The number of nitrogens with two attached hydrogens (primary N) is 1. The molecule has 11 nitrogen and oxygen atoms in total. The van der Waals surface area contributed by atoms with E-state index in [0.717, 1.165) is 0 Å². The molecular formula is C14H18N6O5. The van der Waals surface area contributed by atoms with Crippen LogP contribution in [-0.4, -0.2) is 61.4 Å². The van der Waals surface area contributed by atoms with Crippen LogP contribution in [0.25, 0.3) is 11.2 Å². The average Bonchev–Trinajstić information content (AvgIpc) is 3.16. The van der Waals surface area contributed by atoms with E-state index in [9.17, 15) is 4.79 Å². The summed E-state index contributed by atoms with van der Waals surface area (Å²) in [4.78, 5) is 23.2. The molecule has 11 heteroatoms. The number of anilines is 1. The molecule has 2 aromatic heterocycles. The Bertz CT molecular complexity index is 823. The highest BCUT2D eigenvalue weighted by Crippen LogP contribution is 2.43. The molecule has 4 rings (SSSR count). The molecule has 2 aliphatic heterocycles. The van der Waals surface area contributed by atoms with E-state index < -0.39 is 18.1 Å². The third-order valence-corrected chi connectivity index (χ3v) is 4.17. The van der Waals surface area contributed by atoms with Crippen LogP contribution in [0.5, 0.6) is 0 Å². The van der Waals surface area contributed by atoms with E-state index in [1.165, 1.54) is 6.20 Å². The van der Waals surface area contributed by atoms with E-state index in [2.05, 4.69) is 20.3 Å². The highest BCUT2D eigenvalue weighted by molar-refractivity contribution is 5.81. The molecule has 0 radical (unpaired) electrons. The van der Waals surface area contributed by atoms with Gasteiger partial charge in [0.05, 0.1) is 12.5 Å². The van der Waals surface area contributed by atoms with Gasteiger partial charge in [-0.15, -0.1) is 0 Å². The van der Waals surface area contributed by atoms with Crippen molar-refractivity contribution in [2.45, 2.75) is 44.2 Å². The van der Waals surface area contributed by atoms with Crippen LogP contribution in [-0.2, 0) is 14.2 Å². The summed E-state index contributed by atoms with van der Waals surface area (Å²) in [6, 6.07) is 0. The van der Waals surface area contributed by atoms with Gasteiger partial charge in [0.2, 0.25) is 5.95 Å². The molecular weight excluding hydrogens is 332 g/mol. The Kier molecular flexibility index (Phi) is 3.61. The zero-order valence-corrected chi connectivity index (χ0v) is 13.6. The Morgan fingerprint density at radius 1 is 1.40 bits per heavy atom. The second kappa shape index (κ2) is 5.59. The molecule has 0 saturated carbocycles. The normalized spacial score (nSPS) is 30.5. The van der Waals surface area contributed by atoms with E-state index >= 15 is 0 Å². The molecule has 2 fully saturated rings. The topological polar surface area (TPSA) is 147 Å². The quantitative estimate of drug-likeness (QED) is 0.710. The van der Waals surface area contributed by atoms with Gasteiger partial charge < -0.3 is 25.1 Å². The summed E-state index contributed by atoms with van der Waals surface area (Å²) in [5.41, 5.74) is 6.73. The Morgan fingerprint density at radius 3 is 2.88 bits per heavy atom. The van der Waals surface area contributed by atoms with Crippen molar-refractivity contribution in [1.29, 1.82) is 0 Å². The predicted molar refractivity (Wildman–Crippen MR) is 83.8 cm³/mol. The van der Waals surface area contributed by atoms with Crippen molar-refractivity contribution >= 4 is 23.2 Å². The van der Waals surface area contributed by atoms with Gasteiger partial charge in [-0.3, -0.25) is 9.88 Å². The van der Waals surface area contributed by atoms with Gasteiger partial charge in [-0.1, -0.05) is 0 Å². The van der Waals surface area contributed by atoms with Gasteiger partial charge in [0, 0.05) is 6.54 Å². The first-order valence-corrected chi connectivity index (χ1v) is 7.78. The van der Waals surface area contributed by atoms with Crippen LogP contribution < -0.4 is 11.1 Å². The highest BCUT2D eigenvalue weighted by Gasteiger charge is 2.55. The first-order valence-electron chi connectivity index (χ1n) is 7.78. The summed E-state index contributed by atoms with van der Waals surface area (Å²) in [6.45, 7) is 3.95. The third kappa shape index (κ3) is 2.70. The lowest BCUT2D eigenvalue weighted by atomic mass is 10.1. The van der Waals surface area contributed by atoms with E-state index in [4.69, 9.17) is 25.1 Å². The fourth-order valence-corrected chi connectivity index (χ4v) is 3.24. The van der Waals surface area contributed by atoms with Crippen LogP contribution >= 0.6 is 0 Å². The molecule has 2 aliphatic rings. The molecule has 0 bridgehead atoms. The second-order valence-corrected chi connectivity index (χ2v) is 6.35. The minimum atomic E-state index is -1.25. The predicted octanol–water partition coefficient (Wildman–Crippen LogP) is 0.292. The first-order chi connectivity index (χ1) is 11.9. The van der Waals surface area contributed by atoms with Crippen LogP contribution in [0.2, 0.25) is 0 Å². The lowest BCUT2D eigenvalue weighted by molar-refractivity contribution is -0.195. The third-order valence-electron chi connectivity index (χ3n) is 4.17. The van der Waals surface area contributed by atoms with Crippen LogP contribution in [0, 0.1) is 0 Å². The fourth-order valence-electron chi connectivity index (χ4n) is 3.24. The molecule has 4 heterocycles. The van der Waals surface area contributed by atoms with Crippen molar-refractivity contribution in [2.24, 2.45) is 5.73 Å². The molecule has 0 aromatic carbocycles. The number of fused-ring (bicyclic) bond motifs is 2. The number of carboxylic acid groups (broad SMARTS) is 1. The molecule has 0 spiro atoms. The number of carbonyl (C=O) groups is 1. The van der Waals surface area contributed by atoms with Crippen molar-refractivity contribution in [3.05, 3.63) is 12.5 Å². The highest BCUT2D eigenvalue weighted by atomic mass is 16.8. The Hall–Kier alpha value is -2.34. The van der Waals surface area contributed by atoms with Gasteiger partial charge in [0.1, 0.15) is 23.8 Å². The van der Waals surface area contributed by atoms with Gasteiger partial charge in [0.25, 0.3) is 0 Å². The number of imidazole rings is 1. The SMILES string of the molecule is CC1(C)O[C@@H]2[C@H](O1)[C@@H](CN)O[C@H]2n1cnc2cnc(NC(=O)O)nc21. The summed E-state index contributed by atoms with van der Waals surface area (Å²) in [7, 11) is 0. The molecule has 0 aliphatic carbocycles. The maximum Gasteiger partial charge on any atom is 0.411 e. The number of nitrogens with zero attached hydrogens (tertiary/aromatic N) is 4. The number of amides is 1. The monoisotopic (exact) mass is 350 g/mol. The van der Waals surface area contributed by atoms with E-state index in [-0.39, 0.29) is 30.8 Å². The minimum Gasteiger partial charge on any atom is -0.465 e. The van der Waals surface area contributed by atoms with Crippen LogP contribution in [0.15, 0.2) is 12.5 Å². The summed E-state index contributed by atoms with van der Waals surface area (Å²) >= 11 is 0. The maximum atomic E-state index is 10.8. The zero-order valence-electron chi connectivity index (χ0n) is 13.6. The number of hydrogen-bond acceptors (Lipinski definition) is 8. The van der Waals surface area contributed by atoms with Crippen LogP contribution in [0.1, 0.15) is 20.1 Å². The second-order valence-electron chi connectivity index (χ2n) is 6.35. The van der Waals surface area contributed by atoms with E-state index in [1.807, 2.05) is 13.8 Å². The van der Waals surface area contributed by atoms with Crippen molar-refractivity contribution in [3.8, 4) is 0 Å². The largest absolute Gasteiger partial charge is 0.465 e. The first kappa shape index (κ1) is 16.1. The lowest BCUT2D eigenvalue weighted by Crippen LogP contribution is -2.34. The van der Waals surface area contributed by atoms with Gasteiger partial charge in [-0.05, 0) is 13.8 Å². The molecule has 1 amide bonds. The van der Waals surface area contributed by atoms with Gasteiger partial charge >= 0.3 is 6.09 Å².